The predicted molar refractivity (Wildman–Crippen MR) is 61.9 cm³/mol. The third-order valence-corrected chi connectivity index (χ3v) is 2.60. The molecular weight excluding hydrogens is 217 g/mol. The number of anilines is 1. The molecule has 0 aliphatic carbocycles. The molecule has 0 saturated carbocycles. The molecule has 1 aliphatic rings. The quantitative estimate of drug-likeness (QED) is 0.709. The summed E-state index contributed by atoms with van der Waals surface area (Å²) in [6.45, 7) is 1.39. The minimum absolute atomic E-state index is 0. The van der Waals surface area contributed by atoms with Crippen molar-refractivity contribution in [1.82, 2.24) is 0 Å². The summed E-state index contributed by atoms with van der Waals surface area (Å²) in [5, 5.41) is 9.01. The van der Waals surface area contributed by atoms with Gasteiger partial charge in [0.15, 0.2) is 0 Å². The molecule has 0 fully saturated rings. The van der Waals surface area contributed by atoms with Gasteiger partial charge in [0, 0.05) is 19.0 Å². The Kier molecular flexibility index (Phi) is 4.13. The number of benzene rings is 1. The van der Waals surface area contributed by atoms with Gasteiger partial charge in [0.25, 0.3) is 0 Å². The second kappa shape index (κ2) is 4.99. The normalized spacial score (nSPS) is 17.6. The van der Waals surface area contributed by atoms with Gasteiger partial charge < -0.3 is 5.11 Å². The molecule has 4 nitrogen and oxygen atoms in total. The Labute approximate surface area is 116 Å². The standard InChI is InChI=1S/C11H11NO3.Na.H/c1-7(13)12-9-5-3-2-4-8(9)6-10(12)11(14)15;;/h2-5,10H,6H2,1H3,(H,14,15);;. The van der Waals surface area contributed by atoms with E-state index >= 15 is 0 Å². The molecular formula is C11H12NNaO3. The predicted octanol–water partition coefficient (Wildman–Crippen LogP) is 0.400. The fourth-order valence-electron chi connectivity index (χ4n) is 1.97. The average molecular weight is 229 g/mol. The van der Waals surface area contributed by atoms with E-state index in [9.17, 15) is 9.59 Å². The Morgan fingerprint density at radius 1 is 1.38 bits per heavy atom. The van der Waals surface area contributed by atoms with Gasteiger partial charge in [0.05, 0.1) is 0 Å². The van der Waals surface area contributed by atoms with Gasteiger partial charge in [0.1, 0.15) is 6.04 Å². The van der Waals surface area contributed by atoms with Crippen LogP contribution < -0.4 is 4.90 Å². The van der Waals surface area contributed by atoms with Gasteiger partial charge in [-0.25, -0.2) is 4.79 Å². The number of carboxylic acid groups (broad SMARTS) is 1. The Morgan fingerprint density at radius 2 is 2.00 bits per heavy atom. The fraction of sp³-hybridized carbons (Fsp3) is 0.273. The molecule has 5 heteroatoms. The van der Waals surface area contributed by atoms with Crippen molar-refractivity contribution >= 4 is 47.1 Å². The molecule has 1 amide bonds. The molecule has 1 aliphatic heterocycles. The summed E-state index contributed by atoms with van der Waals surface area (Å²) in [5.74, 6) is -1.19. The van der Waals surface area contributed by atoms with Crippen molar-refractivity contribution < 1.29 is 14.7 Å². The first-order valence-electron chi connectivity index (χ1n) is 4.72. The number of nitrogens with zero attached hydrogens (tertiary/aromatic N) is 1. The summed E-state index contributed by atoms with van der Waals surface area (Å²) >= 11 is 0. The minimum atomic E-state index is -0.957. The summed E-state index contributed by atoms with van der Waals surface area (Å²) in [6.07, 6.45) is 0.394. The van der Waals surface area contributed by atoms with Gasteiger partial charge in [-0.2, -0.15) is 0 Å². The van der Waals surface area contributed by atoms with Crippen LogP contribution in [0.2, 0.25) is 0 Å². The number of carbonyl (C=O) groups is 2. The van der Waals surface area contributed by atoms with Gasteiger partial charge in [0.2, 0.25) is 5.91 Å². The number of carboxylic acids is 1. The molecule has 0 radical (unpaired) electrons. The number of hydrogen-bond acceptors (Lipinski definition) is 2. The van der Waals surface area contributed by atoms with Crippen LogP contribution in [0.15, 0.2) is 24.3 Å². The summed E-state index contributed by atoms with van der Waals surface area (Å²) in [5.41, 5.74) is 1.64. The monoisotopic (exact) mass is 229 g/mol. The summed E-state index contributed by atoms with van der Waals surface area (Å²) in [6, 6.07) is 6.54. The van der Waals surface area contributed by atoms with Gasteiger partial charge in [-0.3, -0.25) is 9.69 Å². The molecule has 1 aromatic rings. The van der Waals surface area contributed by atoms with Gasteiger partial charge in [-0.1, -0.05) is 18.2 Å². The van der Waals surface area contributed by atoms with Crippen LogP contribution in [0.3, 0.4) is 0 Å². The third kappa shape index (κ3) is 2.14. The molecule has 0 aromatic heterocycles. The Morgan fingerprint density at radius 3 is 2.56 bits per heavy atom. The molecule has 2 rings (SSSR count). The van der Waals surface area contributed by atoms with E-state index in [1.807, 2.05) is 12.1 Å². The summed E-state index contributed by atoms with van der Waals surface area (Å²) < 4.78 is 0. The van der Waals surface area contributed by atoms with Crippen LogP contribution in [0, 0.1) is 0 Å². The second-order valence-corrected chi connectivity index (χ2v) is 3.58. The second-order valence-electron chi connectivity index (χ2n) is 3.58. The molecule has 0 saturated heterocycles. The molecule has 16 heavy (non-hydrogen) atoms. The van der Waals surface area contributed by atoms with E-state index < -0.39 is 12.0 Å². The topological polar surface area (TPSA) is 57.6 Å². The number of rotatable bonds is 1. The Hall–Kier alpha value is -0.840. The Balaban J connectivity index is 0.00000128. The van der Waals surface area contributed by atoms with E-state index in [1.165, 1.54) is 11.8 Å². The molecule has 1 heterocycles. The SMILES string of the molecule is CC(=O)N1c2ccccc2CC1C(=O)O.[NaH]. The van der Waals surface area contributed by atoms with E-state index in [4.69, 9.17) is 5.11 Å². The van der Waals surface area contributed by atoms with Crippen LogP contribution in [0.1, 0.15) is 12.5 Å². The zero-order chi connectivity index (χ0) is 11.0. The van der Waals surface area contributed by atoms with Crippen molar-refractivity contribution in [2.75, 3.05) is 4.90 Å². The molecule has 0 spiro atoms. The fourth-order valence-corrected chi connectivity index (χ4v) is 1.97. The first-order valence-corrected chi connectivity index (χ1v) is 4.72. The van der Waals surface area contributed by atoms with E-state index in [2.05, 4.69) is 0 Å². The number of para-hydroxylation sites is 1. The van der Waals surface area contributed by atoms with E-state index in [0.717, 1.165) is 11.3 Å². The third-order valence-electron chi connectivity index (χ3n) is 2.60. The van der Waals surface area contributed by atoms with Crippen molar-refractivity contribution in [1.29, 1.82) is 0 Å². The van der Waals surface area contributed by atoms with Gasteiger partial charge >= 0.3 is 35.5 Å². The van der Waals surface area contributed by atoms with E-state index in [-0.39, 0.29) is 35.5 Å². The van der Waals surface area contributed by atoms with Crippen LogP contribution in [-0.4, -0.2) is 52.6 Å². The first-order chi connectivity index (χ1) is 7.11. The summed E-state index contributed by atoms with van der Waals surface area (Å²) in [4.78, 5) is 23.7. The Bertz CT molecular complexity index is 433. The van der Waals surface area contributed by atoms with E-state index in [0.29, 0.717) is 6.42 Å². The zero-order valence-corrected chi connectivity index (χ0v) is 8.30. The number of aliphatic carboxylic acids is 1. The van der Waals surface area contributed by atoms with Gasteiger partial charge in [-0.05, 0) is 11.6 Å². The van der Waals surface area contributed by atoms with E-state index in [1.54, 1.807) is 12.1 Å². The molecule has 1 aromatic carbocycles. The first kappa shape index (κ1) is 13.2. The van der Waals surface area contributed by atoms with Crippen LogP contribution >= 0.6 is 0 Å². The van der Waals surface area contributed by atoms with Crippen molar-refractivity contribution in [2.45, 2.75) is 19.4 Å². The van der Waals surface area contributed by atoms with Gasteiger partial charge in [-0.15, -0.1) is 0 Å². The van der Waals surface area contributed by atoms with Crippen LogP contribution in [-0.2, 0) is 16.0 Å². The zero-order valence-electron chi connectivity index (χ0n) is 8.30. The van der Waals surface area contributed by atoms with Crippen LogP contribution in [0.5, 0.6) is 0 Å². The number of carbonyl (C=O) groups excluding carboxylic acids is 1. The molecule has 1 N–H and O–H groups in total. The van der Waals surface area contributed by atoms with Crippen molar-refractivity contribution in [3.05, 3.63) is 29.8 Å². The molecule has 0 bridgehead atoms. The molecule has 80 valence electrons. The average Bonchev–Trinajstić information content (AvgIpc) is 2.56. The van der Waals surface area contributed by atoms with Crippen molar-refractivity contribution in [3.8, 4) is 0 Å². The molecule has 1 atom stereocenters. The maximum absolute atomic E-state index is 11.4. The number of hydrogen-bond donors (Lipinski definition) is 1. The summed E-state index contributed by atoms with van der Waals surface area (Å²) in [7, 11) is 0. The van der Waals surface area contributed by atoms with Crippen molar-refractivity contribution in [3.63, 3.8) is 0 Å². The van der Waals surface area contributed by atoms with Crippen LogP contribution in [0.25, 0.3) is 0 Å². The molecule has 1 unspecified atom stereocenters. The number of fused-ring (bicyclic) bond motifs is 1. The maximum atomic E-state index is 11.4. The van der Waals surface area contributed by atoms with Crippen LogP contribution in [0.4, 0.5) is 5.69 Å². The van der Waals surface area contributed by atoms with Crippen molar-refractivity contribution in [2.24, 2.45) is 0 Å². The number of amides is 1.